The standard InChI is InChI=1S/C28H43NO10.ClH/c1-7-25(4)14-18(31)28(35)26(5)17(30)8-9-24(2,3)22(26)21(34)23(27(28,6)39-25)38-20(33)16-37-19(32)15-29-10-12-36-13-11-29;/h7,17,21-23,30,34-35H,1,8-16H2,2-6H3;1H/t17-,21-,22-,23-,25-,26-,27+,28-;/m0./s1. The quantitative estimate of drug-likeness (QED) is 0.298. The van der Waals surface area contributed by atoms with Gasteiger partial charge in [0.1, 0.15) is 5.60 Å². The predicted octanol–water partition coefficient (Wildman–Crippen LogP) is 0.797. The molecule has 8 atom stereocenters. The summed E-state index contributed by atoms with van der Waals surface area (Å²) < 4.78 is 22.5. The SMILES string of the molecule is C=C[C@@]1(C)CC(=O)[C@]2(O)[C@@]3(C)[C@@H](O)CCC(C)(C)[C@@H]3[C@H](O)[C@H](OC(=O)COC(=O)CN3CCOCC3)[C@@]2(C)O1.Cl. The van der Waals surface area contributed by atoms with Crippen LogP contribution in [0.1, 0.15) is 53.9 Å². The van der Waals surface area contributed by atoms with Gasteiger partial charge in [-0.25, -0.2) is 4.79 Å². The number of Topliss-reactive ketones (excluding diaryl/α,β-unsaturated/α-hetero) is 1. The molecule has 0 radical (unpaired) electrons. The van der Waals surface area contributed by atoms with Gasteiger partial charge < -0.3 is 34.3 Å². The fourth-order valence-electron chi connectivity index (χ4n) is 7.78. The molecule has 4 fully saturated rings. The Morgan fingerprint density at radius 2 is 1.75 bits per heavy atom. The zero-order chi connectivity index (χ0) is 29.0. The van der Waals surface area contributed by atoms with E-state index in [0.717, 1.165) is 0 Å². The maximum absolute atomic E-state index is 13.9. The Balaban J connectivity index is 0.00000441. The van der Waals surface area contributed by atoms with Gasteiger partial charge in [-0.15, -0.1) is 19.0 Å². The number of nitrogens with zero attached hydrogens (tertiary/aromatic N) is 1. The van der Waals surface area contributed by atoms with Crippen molar-refractivity contribution >= 4 is 30.1 Å². The first-order valence-electron chi connectivity index (χ1n) is 13.7. The molecular weight excluding hydrogens is 546 g/mol. The molecule has 12 heteroatoms. The lowest BCUT2D eigenvalue weighted by Gasteiger charge is -2.71. The molecule has 2 saturated carbocycles. The van der Waals surface area contributed by atoms with Crippen LogP contribution in [0.3, 0.4) is 0 Å². The number of aliphatic hydroxyl groups excluding tert-OH is 2. The number of carbonyl (C=O) groups is 3. The summed E-state index contributed by atoms with van der Waals surface area (Å²) in [6.07, 6.45) is -2.03. The van der Waals surface area contributed by atoms with E-state index in [4.69, 9.17) is 18.9 Å². The lowest BCUT2D eigenvalue weighted by molar-refractivity contribution is -0.370. The number of morpholine rings is 1. The summed E-state index contributed by atoms with van der Waals surface area (Å²) in [4.78, 5) is 41.1. The van der Waals surface area contributed by atoms with Crippen molar-refractivity contribution in [3.63, 3.8) is 0 Å². The Labute approximate surface area is 241 Å². The summed E-state index contributed by atoms with van der Waals surface area (Å²) in [6.45, 7) is 13.6. The number of hydrogen-bond donors (Lipinski definition) is 3. The molecule has 0 amide bonds. The minimum absolute atomic E-state index is 0. The van der Waals surface area contributed by atoms with Gasteiger partial charge in [0.2, 0.25) is 0 Å². The molecule has 2 aliphatic heterocycles. The average molecular weight is 590 g/mol. The third kappa shape index (κ3) is 5.01. The van der Waals surface area contributed by atoms with Crippen molar-refractivity contribution in [3.8, 4) is 0 Å². The highest BCUT2D eigenvalue weighted by molar-refractivity contribution is 5.92. The van der Waals surface area contributed by atoms with Gasteiger partial charge in [0.15, 0.2) is 24.1 Å². The minimum Gasteiger partial charge on any atom is -0.454 e. The average Bonchev–Trinajstić information content (AvgIpc) is 2.86. The van der Waals surface area contributed by atoms with Crippen LogP contribution in [0.4, 0.5) is 0 Å². The Kier molecular flexibility index (Phi) is 9.25. The number of ether oxygens (including phenoxy) is 4. The largest absolute Gasteiger partial charge is 0.454 e. The number of halogens is 1. The topological polar surface area (TPSA) is 152 Å². The molecule has 0 aromatic heterocycles. The molecule has 0 bridgehead atoms. The van der Waals surface area contributed by atoms with Gasteiger partial charge in [0, 0.05) is 30.8 Å². The van der Waals surface area contributed by atoms with Crippen LogP contribution in [0.15, 0.2) is 12.7 Å². The molecule has 0 aromatic carbocycles. The lowest BCUT2D eigenvalue weighted by atomic mass is 9.40. The summed E-state index contributed by atoms with van der Waals surface area (Å²) in [6, 6.07) is 0. The van der Waals surface area contributed by atoms with Gasteiger partial charge in [-0.3, -0.25) is 14.5 Å². The molecule has 11 nitrogen and oxygen atoms in total. The van der Waals surface area contributed by atoms with E-state index in [2.05, 4.69) is 6.58 Å². The number of fused-ring (bicyclic) bond motifs is 3. The van der Waals surface area contributed by atoms with Crippen molar-refractivity contribution < 1.29 is 48.7 Å². The minimum atomic E-state index is -2.32. The molecular formula is C28H44ClNO10. The second-order valence-electron chi connectivity index (χ2n) is 12.8. The van der Waals surface area contributed by atoms with Gasteiger partial charge in [0.05, 0.1) is 37.6 Å². The second kappa shape index (κ2) is 11.2. The Morgan fingerprint density at radius 3 is 2.35 bits per heavy atom. The van der Waals surface area contributed by atoms with Gasteiger partial charge in [-0.1, -0.05) is 26.8 Å². The van der Waals surface area contributed by atoms with Crippen LogP contribution >= 0.6 is 12.4 Å². The molecule has 228 valence electrons. The third-order valence-electron chi connectivity index (χ3n) is 9.79. The van der Waals surface area contributed by atoms with E-state index in [0.29, 0.717) is 39.1 Å². The molecule has 4 aliphatic rings. The van der Waals surface area contributed by atoms with Crippen LogP contribution in [-0.4, -0.2) is 113 Å². The van der Waals surface area contributed by atoms with Crippen LogP contribution in [0.5, 0.6) is 0 Å². The number of hydrogen-bond acceptors (Lipinski definition) is 11. The molecule has 0 aromatic rings. The van der Waals surface area contributed by atoms with Gasteiger partial charge in [0.25, 0.3) is 0 Å². The zero-order valence-corrected chi connectivity index (χ0v) is 24.8. The van der Waals surface area contributed by atoms with E-state index in [1.807, 2.05) is 18.7 Å². The van der Waals surface area contributed by atoms with Crippen molar-refractivity contribution in [1.29, 1.82) is 0 Å². The number of carbonyl (C=O) groups excluding carboxylic acids is 3. The molecule has 2 heterocycles. The molecule has 3 N–H and O–H groups in total. The van der Waals surface area contributed by atoms with Crippen LogP contribution < -0.4 is 0 Å². The van der Waals surface area contributed by atoms with Gasteiger partial charge in [-0.05, 0) is 32.1 Å². The van der Waals surface area contributed by atoms with E-state index in [1.165, 1.54) is 13.0 Å². The smallest absolute Gasteiger partial charge is 0.344 e. The monoisotopic (exact) mass is 589 g/mol. The summed E-state index contributed by atoms with van der Waals surface area (Å²) in [7, 11) is 0. The fraction of sp³-hybridized carbons (Fsp3) is 0.821. The first kappa shape index (κ1) is 32.9. The molecule has 0 unspecified atom stereocenters. The van der Waals surface area contributed by atoms with Crippen molar-refractivity contribution in [2.24, 2.45) is 16.7 Å². The normalized spacial score (nSPS) is 43.0. The number of aliphatic hydroxyl groups is 3. The Bertz CT molecular complexity index is 1020. The van der Waals surface area contributed by atoms with Crippen molar-refractivity contribution in [2.45, 2.75) is 89.0 Å². The molecule has 40 heavy (non-hydrogen) atoms. The summed E-state index contributed by atoms with van der Waals surface area (Å²) >= 11 is 0. The highest BCUT2D eigenvalue weighted by Crippen LogP contribution is 2.67. The predicted molar refractivity (Wildman–Crippen MR) is 145 cm³/mol. The number of esters is 2. The van der Waals surface area contributed by atoms with Crippen LogP contribution in [0, 0.1) is 16.7 Å². The molecule has 2 aliphatic carbocycles. The molecule has 2 saturated heterocycles. The van der Waals surface area contributed by atoms with E-state index < -0.39 is 76.2 Å². The highest BCUT2D eigenvalue weighted by Gasteiger charge is 2.81. The highest BCUT2D eigenvalue weighted by atomic mass is 35.5. The molecule has 4 rings (SSSR count). The first-order chi connectivity index (χ1) is 18.1. The van der Waals surface area contributed by atoms with E-state index >= 15 is 0 Å². The van der Waals surface area contributed by atoms with Crippen LogP contribution in [0.2, 0.25) is 0 Å². The Hall–Kier alpha value is -1.60. The van der Waals surface area contributed by atoms with E-state index in [9.17, 15) is 29.7 Å². The lowest BCUT2D eigenvalue weighted by Crippen LogP contribution is -2.86. The first-order valence-corrected chi connectivity index (χ1v) is 13.7. The Morgan fingerprint density at radius 1 is 1.12 bits per heavy atom. The maximum Gasteiger partial charge on any atom is 0.344 e. The van der Waals surface area contributed by atoms with Crippen LogP contribution in [-0.2, 0) is 33.3 Å². The van der Waals surface area contributed by atoms with Gasteiger partial charge in [-0.2, -0.15) is 0 Å². The second-order valence-corrected chi connectivity index (χ2v) is 12.8. The maximum atomic E-state index is 13.9. The van der Waals surface area contributed by atoms with Crippen LogP contribution in [0.25, 0.3) is 0 Å². The summed E-state index contributed by atoms with van der Waals surface area (Å²) in [5, 5.41) is 35.6. The van der Waals surface area contributed by atoms with E-state index in [1.54, 1.807) is 13.8 Å². The third-order valence-corrected chi connectivity index (χ3v) is 9.79. The summed E-state index contributed by atoms with van der Waals surface area (Å²) in [5.74, 6) is -3.01. The fourth-order valence-corrected chi connectivity index (χ4v) is 7.78. The molecule has 0 spiro atoms. The zero-order valence-electron chi connectivity index (χ0n) is 24.0. The van der Waals surface area contributed by atoms with Crippen molar-refractivity contribution in [1.82, 2.24) is 4.90 Å². The van der Waals surface area contributed by atoms with Gasteiger partial charge >= 0.3 is 11.9 Å². The van der Waals surface area contributed by atoms with Crippen molar-refractivity contribution in [3.05, 3.63) is 12.7 Å². The number of rotatable bonds is 6. The number of ketones is 1. The van der Waals surface area contributed by atoms with Crippen molar-refractivity contribution in [2.75, 3.05) is 39.5 Å². The summed E-state index contributed by atoms with van der Waals surface area (Å²) in [5.41, 5.74) is -7.67. The van der Waals surface area contributed by atoms with E-state index in [-0.39, 0.29) is 25.4 Å².